The summed E-state index contributed by atoms with van der Waals surface area (Å²) in [6, 6.07) is 9.21. The molecule has 2 aromatic rings. The van der Waals surface area contributed by atoms with Gasteiger partial charge in [-0.15, -0.1) is 0 Å². The molecule has 32 heavy (non-hydrogen) atoms. The Labute approximate surface area is 190 Å². The van der Waals surface area contributed by atoms with Gasteiger partial charge in [-0.25, -0.2) is 8.42 Å². The predicted molar refractivity (Wildman–Crippen MR) is 119 cm³/mol. The minimum Gasteiger partial charge on any atom is -0.495 e. The molecule has 0 bridgehead atoms. The Morgan fingerprint density at radius 3 is 2.88 bits per heavy atom. The van der Waals surface area contributed by atoms with E-state index in [0.29, 0.717) is 47.3 Å². The average molecular weight is 480 g/mol. The van der Waals surface area contributed by atoms with Crippen LogP contribution in [-0.2, 0) is 19.6 Å². The number of carbonyl (C=O) groups is 2. The molecule has 2 aromatic carbocycles. The van der Waals surface area contributed by atoms with Crippen molar-refractivity contribution in [3.05, 3.63) is 41.4 Å². The molecule has 4 rings (SSSR count). The van der Waals surface area contributed by atoms with Crippen molar-refractivity contribution in [2.45, 2.75) is 17.7 Å². The number of carbonyl (C=O) groups excluding carboxylic acids is 2. The Morgan fingerprint density at radius 2 is 2.09 bits per heavy atom. The highest BCUT2D eigenvalue weighted by Gasteiger charge is 2.34. The molecule has 2 amide bonds. The number of rotatable bonds is 5. The van der Waals surface area contributed by atoms with Crippen molar-refractivity contribution in [1.29, 1.82) is 0 Å². The van der Waals surface area contributed by atoms with Crippen molar-refractivity contribution in [2.75, 3.05) is 37.4 Å². The number of methoxy groups -OCH3 is 1. The molecule has 11 heteroatoms. The summed E-state index contributed by atoms with van der Waals surface area (Å²) >= 11 is 6.02. The van der Waals surface area contributed by atoms with Crippen LogP contribution in [0.1, 0.15) is 12.8 Å². The van der Waals surface area contributed by atoms with Crippen LogP contribution in [0, 0.1) is 5.92 Å². The van der Waals surface area contributed by atoms with E-state index in [1.807, 2.05) is 0 Å². The van der Waals surface area contributed by atoms with Crippen LogP contribution in [0.5, 0.6) is 11.5 Å². The second-order valence-corrected chi connectivity index (χ2v) is 9.91. The summed E-state index contributed by atoms with van der Waals surface area (Å²) in [4.78, 5) is 24.5. The summed E-state index contributed by atoms with van der Waals surface area (Å²) in [7, 11) is -2.39. The standard InChI is InChI=1S/C21H22ClN3O6S/c1-30-18-6-4-14(22)9-16(18)24-21(27)13-3-2-8-25(11-13)32(28,29)15-5-7-19-17(10-15)23-20(26)12-31-19/h4-7,9-10,13H,2-3,8,11-12H2,1H3,(H,23,26)(H,24,27)/t13-/m0/s1. The van der Waals surface area contributed by atoms with E-state index < -0.39 is 15.9 Å². The van der Waals surface area contributed by atoms with Crippen LogP contribution in [0.2, 0.25) is 5.02 Å². The molecule has 9 nitrogen and oxygen atoms in total. The number of nitrogens with zero attached hydrogens (tertiary/aromatic N) is 1. The minimum absolute atomic E-state index is 0.0274. The van der Waals surface area contributed by atoms with Crippen molar-refractivity contribution in [3.63, 3.8) is 0 Å². The number of amides is 2. The third kappa shape index (κ3) is 4.52. The zero-order valence-electron chi connectivity index (χ0n) is 17.3. The Balaban J connectivity index is 1.51. The molecule has 0 aromatic heterocycles. The van der Waals surface area contributed by atoms with Gasteiger partial charge in [0, 0.05) is 18.1 Å². The number of hydrogen-bond acceptors (Lipinski definition) is 6. The van der Waals surface area contributed by atoms with Crippen LogP contribution in [-0.4, -0.2) is 51.3 Å². The molecule has 2 N–H and O–H groups in total. The molecule has 1 atom stereocenters. The first-order chi connectivity index (χ1) is 15.3. The number of halogens is 1. The second kappa shape index (κ2) is 8.97. The van der Waals surface area contributed by atoms with Crippen molar-refractivity contribution in [1.82, 2.24) is 4.31 Å². The zero-order chi connectivity index (χ0) is 22.9. The second-order valence-electron chi connectivity index (χ2n) is 7.53. The largest absolute Gasteiger partial charge is 0.495 e. The smallest absolute Gasteiger partial charge is 0.262 e. The molecule has 0 unspecified atom stereocenters. The van der Waals surface area contributed by atoms with Gasteiger partial charge in [0.2, 0.25) is 15.9 Å². The van der Waals surface area contributed by atoms with Gasteiger partial charge < -0.3 is 20.1 Å². The number of benzene rings is 2. The van der Waals surface area contributed by atoms with Gasteiger partial charge in [0.25, 0.3) is 5.91 Å². The van der Waals surface area contributed by atoms with Crippen LogP contribution in [0.3, 0.4) is 0 Å². The fourth-order valence-electron chi connectivity index (χ4n) is 3.76. The van der Waals surface area contributed by atoms with Gasteiger partial charge in [-0.2, -0.15) is 4.31 Å². The van der Waals surface area contributed by atoms with E-state index in [2.05, 4.69) is 10.6 Å². The average Bonchev–Trinajstić information content (AvgIpc) is 2.78. The summed E-state index contributed by atoms with van der Waals surface area (Å²) in [6.07, 6.45) is 1.09. The van der Waals surface area contributed by atoms with E-state index in [4.69, 9.17) is 21.1 Å². The Bertz CT molecular complexity index is 1170. The topological polar surface area (TPSA) is 114 Å². The van der Waals surface area contributed by atoms with E-state index in [-0.39, 0.29) is 29.9 Å². The Kier molecular flexibility index (Phi) is 6.27. The molecule has 0 saturated carbocycles. The highest BCUT2D eigenvalue weighted by Crippen LogP contribution is 2.33. The van der Waals surface area contributed by atoms with E-state index in [9.17, 15) is 18.0 Å². The number of piperidine rings is 1. The molecule has 2 aliphatic rings. The first kappa shape index (κ1) is 22.4. The van der Waals surface area contributed by atoms with Crippen LogP contribution in [0.25, 0.3) is 0 Å². The lowest BCUT2D eigenvalue weighted by Crippen LogP contribution is -2.43. The van der Waals surface area contributed by atoms with Gasteiger partial charge >= 0.3 is 0 Å². The van der Waals surface area contributed by atoms with Gasteiger partial charge in [0.1, 0.15) is 11.5 Å². The number of hydrogen-bond donors (Lipinski definition) is 2. The highest BCUT2D eigenvalue weighted by atomic mass is 35.5. The first-order valence-corrected chi connectivity index (χ1v) is 11.8. The van der Waals surface area contributed by atoms with Crippen LogP contribution in [0.15, 0.2) is 41.3 Å². The third-order valence-corrected chi connectivity index (χ3v) is 7.49. The van der Waals surface area contributed by atoms with Crippen LogP contribution in [0.4, 0.5) is 11.4 Å². The maximum absolute atomic E-state index is 13.2. The summed E-state index contributed by atoms with van der Waals surface area (Å²) in [5, 5.41) is 5.85. The van der Waals surface area contributed by atoms with Gasteiger partial charge in [-0.3, -0.25) is 9.59 Å². The van der Waals surface area contributed by atoms with Gasteiger partial charge in [-0.05, 0) is 49.2 Å². The van der Waals surface area contributed by atoms with E-state index in [1.54, 1.807) is 18.2 Å². The molecule has 0 spiro atoms. The van der Waals surface area contributed by atoms with E-state index >= 15 is 0 Å². The molecule has 2 heterocycles. The third-order valence-electron chi connectivity index (χ3n) is 5.40. The number of sulfonamides is 1. The molecule has 170 valence electrons. The maximum atomic E-state index is 13.2. The fraction of sp³-hybridized carbons (Fsp3) is 0.333. The Morgan fingerprint density at radius 1 is 1.28 bits per heavy atom. The SMILES string of the molecule is COc1ccc(Cl)cc1NC(=O)[C@H]1CCCN(S(=O)(=O)c2ccc3c(c2)NC(=O)CO3)C1. The minimum atomic E-state index is -3.87. The monoisotopic (exact) mass is 479 g/mol. The Hall–Kier alpha value is -2.82. The zero-order valence-corrected chi connectivity index (χ0v) is 18.8. The summed E-state index contributed by atoms with van der Waals surface area (Å²) in [6.45, 7) is 0.225. The molecule has 1 fully saturated rings. The van der Waals surface area contributed by atoms with Crippen molar-refractivity contribution >= 4 is 44.8 Å². The molecular weight excluding hydrogens is 458 g/mol. The summed E-state index contributed by atoms with van der Waals surface area (Å²) in [5.41, 5.74) is 0.733. The highest BCUT2D eigenvalue weighted by molar-refractivity contribution is 7.89. The first-order valence-electron chi connectivity index (χ1n) is 9.99. The van der Waals surface area contributed by atoms with Crippen molar-refractivity contribution in [2.24, 2.45) is 5.92 Å². The fourth-order valence-corrected chi connectivity index (χ4v) is 5.48. The maximum Gasteiger partial charge on any atom is 0.262 e. The van der Waals surface area contributed by atoms with Crippen molar-refractivity contribution < 1.29 is 27.5 Å². The van der Waals surface area contributed by atoms with E-state index in [1.165, 1.54) is 29.6 Å². The summed E-state index contributed by atoms with van der Waals surface area (Å²) in [5.74, 6) is -0.325. The quantitative estimate of drug-likeness (QED) is 0.681. The van der Waals surface area contributed by atoms with E-state index in [0.717, 1.165) is 0 Å². The van der Waals surface area contributed by atoms with Gasteiger partial charge in [0.15, 0.2) is 6.61 Å². The van der Waals surface area contributed by atoms with Crippen LogP contribution < -0.4 is 20.1 Å². The summed E-state index contributed by atoms with van der Waals surface area (Å²) < 4.78 is 38.3. The number of ether oxygens (including phenoxy) is 2. The number of nitrogens with one attached hydrogen (secondary N) is 2. The van der Waals surface area contributed by atoms with Gasteiger partial charge in [-0.1, -0.05) is 11.6 Å². The number of fused-ring (bicyclic) bond motifs is 1. The molecule has 1 saturated heterocycles. The van der Waals surface area contributed by atoms with Gasteiger partial charge in [0.05, 0.1) is 29.3 Å². The lowest BCUT2D eigenvalue weighted by Gasteiger charge is -2.31. The molecule has 0 radical (unpaired) electrons. The lowest BCUT2D eigenvalue weighted by atomic mass is 9.98. The van der Waals surface area contributed by atoms with Crippen LogP contribution >= 0.6 is 11.6 Å². The normalized spacial score (nSPS) is 18.8. The van der Waals surface area contributed by atoms with Crippen molar-refractivity contribution in [3.8, 4) is 11.5 Å². The number of anilines is 2. The molecule has 2 aliphatic heterocycles. The molecule has 0 aliphatic carbocycles. The lowest BCUT2D eigenvalue weighted by molar-refractivity contribution is -0.121. The predicted octanol–water partition coefficient (Wildman–Crippen LogP) is 2.72. The molecular formula is C21H22ClN3O6S.